The normalized spacial score (nSPS) is 12.4. The SMILES string of the molecule is CCCC(C)(C)CN(CC)CCOC. The van der Waals surface area contributed by atoms with Gasteiger partial charge in [0.05, 0.1) is 6.61 Å². The number of hydrogen-bond donors (Lipinski definition) is 0. The number of likely N-dealkylation sites (N-methyl/N-ethyl adjacent to an activating group) is 1. The molecule has 0 aliphatic carbocycles. The van der Waals surface area contributed by atoms with Crippen LogP contribution >= 0.6 is 0 Å². The van der Waals surface area contributed by atoms with E-state index in [0.717, 1.165) is 19.7 Å². The summed E-state index contributed by atoms with van der Waals surface area (Å²) < 4.78 is 5.11. The lowest BCUT2D eigenvalue weighted by Gasteiger charge is -2.31. The fourth-order valence-corrected chi connectivity index (χ4v) is 1.93. The first-order valence-electron chi connectivity index (χ1n) is 5.77. The summed E-state index contributed by atoms with van der Waals surface area (Å²) in [4.78, 5) is 2.47. The van der Waals surface area contributed by atoms with Crippen LogP contribution in [0.5, 0.6) is 0 Å². The van der Waals surface area contributed by atoms with Crippen molar-refractivity contribution in [1.82, 2.24) is 4.90 Å². The van der Waals surface area contributed by atoms with Crippen molar-refractivity contribution in [3.63, 3.8) is 0 Å². The summed E-state index contributed by atoms with van der Waals surface area (Å²) in [5.41, 5.74) is 0.443. The second-order valence-corrected chi connectivity index (χ2v) is 4.78. The van der Waals surface area contributed by atoms with Crippen molar-refractivity contribution in [2.24, 2.45) is 5.41 Å². The van der Waals surface area contributed by atoms with Crippen molar-refractivity contribution in [2.75, 3.05) is 33.4 Å². The van der Waals surface area contributed by atoms with Crippen LogP contribution in [0.25, 0.3) is 0 Å². The van der Waals surface area contributed by atoms with Gasteiger partial charge in [0.15, 0.2) is 0 Å². The summed E-state index contributed by atoms with van der Waals surface area (Å²) in [6.45, 7) is 13.4. The summed E-state index contributed by atoms with van der Waals surface area (Å²) in [5, 5.41) is 0. The Hall–Kier alpha value is -0.0800. The van der Waals surface area contributed by atoms with Crippen molar-refractivity contribution >= 4 is 0 Å². The fourth-order valence-electron chi connectivity index (χ4n) is 1.93. The topological polar surface area (TPSA) is 12.5 Å². The van der Waals surface area contributed by atoms with Crippen molar-refractivity contribution in [1.29, 1.82) is 0 Å². The lowest BCUT2D eigenvalue weighted by atomic mass is 9.87. The van der Waals surface area contributed by atoms with E-state index < -0.39 is 0 Å². The van der Waals surface area contributed by atoms with Crippen LogP contribution < -0.4 is 0 Å². The lowest BCUT2D eigenvalue weighted by Crippen LogP contribution is -2.36. The van der Waals surface area contributed by atoms with Gasteiger partial charge in [0.25, 0.3) is 0 Å². The second kappa shape index (κ2) is 7.24. The highest BCUT2D eigenvalue weighted by atomic mass is 16.5. The van der Waals surface area contributed by atoms with Crippen LogP contribution in [0.3, 0.4) is 0 Å². The predicted octanol–water partition coefficient (Wildman–Crippen LogP) is 2.78. The zero-order chi connectivity index (χ0) is 11.0. The Morgan fingerprint density at radius 2 is 1.86 bits per heavy atom. The molecule has 0 aromatic heterocycles. The Morgan fingerprint density at radius 1 is 1.21 bits per heavy atom. The third-order valence-electron chi connectivity index (χ3n) is 2.64. The van der Waals surface area contributed by atoms with E-state index in [9.17, 15) is 0 Å². The van der Waals surface area contributed by atoms with Crippen LogP contribution in [0.2, 0.25) is 0 Å². The third kappa shape index (κ3) is 6.39. The molecule has 0 atom stereocenters. The molecule has 0 aromatic carbocycles. The maximum absolute atomic E-state index is 5.11. The Morgan fingerprint density at radius 3 is 2.29 bits per heavy atom. The van der Waals surface area contributed by atoms with Gasteiger partial charge in [0, 0.05) is 20.2 Å². The highest BCUT2D eigenvalue weighted by Crippen LogP contribution is 2.23. The van der Waals surface area contributed by atoms with Crippen molar-refractivity contribution in [3.05, 3.63) is 0 Å². The first-order valence-corrected chi connectivity index (χ1v) is 5.77. The van der Waals surface area contributed by atoms with Crippen LogP contribution in [-0.2, 0) is 4.74 Å². The van der Waals surface area contributed by atoms with Crippen LogP contribution in [0.1, 0.15) is 40.5 Å². The van der Waals surface area contributed by atoms with Gasteiger partial charge < -0.3 is 9.64 Å². The van der Waals surface area contributed by atoms with E-state index in [1.807, 2.05) is 0 Å². The predicted molar refractivity (Wildman–Crippen MR) is 62.7 cm³/mol. The van der Waals surface area contributed by atoms with Gasteiger partial charge in [-0.05, 0) is 18.4 Å². The van der Waals surface area contributed by atoms with Gasteiger partial charge in [0.1, 0.15) is 0 Å². The van der Waals surface area contributed by atoms with E-state index in [-0.39, 0.29) is 0 Å². The molecule has 0 aliphatic rings. The zero-order valence-corrected chi connectivity index (χ0v) is 10.6. The summed E-state index contributed by atoms with van der Waals surface area (Å²) in [5.74, 6) is 0. The Bertz CT molecular complexity index is 134. The Balaban J connectivity index is 3.89. The second-order valence-electron chi connectivity index (χ2n) is 4.78. The Kier molecular flexibility index (Phi) is 7.20. The van der Waals surface area contributed by atoms with Gasteiger partial charge in [-0.2, -0.15) is 0 Å². The number of nitrogens with zero attached hydrogens (tertiary/aromatic N) is 1. The molecule has 14 heavy (non-hydrogen) atoms. The molecule has 0 saturated carbocycles. The van der Waals surface area contributed by atoms with Crippen molar-refractivity contribution in [3.8, 4) is 0 Å². The third-order valence-corrected chi connectivity index (χ3v) is 2.64. The quantitative estimate of drug-likeness (QED) is 0.599. The minimum Gasteiger partial charge on any atom is -0.383 e. The van der Waals surface area contributed by atoms with Crippen LogP contribution in [-0.4, -0.2) is 38.3 Å². The number of methoxy groups -OCH3 is 1. The average Bonchev–Trinajstić information content (AvgIpc) is 2.12. The summed E-state index contributed by atoms with van der Waals surface area (Å²) in [6.07, 6.45) is 2.57. The molecular weight excluding hydrogens is 174 g/mol. The number of rotatable bonds is 8. The fraction of sp³-hybridized carbons (Fsp3) is 1.00. The first kappa shape index (κ1) is 13.9. The molecular formula is C12H27NO. The standard InChI is InChI=1S/C12H27NO/c1-6-8-12(3,4)11-13(7-2)9-10-14-5/h6-11H2,1-5H3. The smallest absolute Gasteiger partial charge is 0.0589 e. The maximum Gasteiger partial charge on any atom is 0.0589 e. The molecule has 0 saturated heterocycles. The average molecular weight is 201 g/mol. The molecule has 2 heteroatoms. The van der Waals surface area contributed by atoms with Gasteiger partial charge in [-0.1, -0.05) is 34.1 Å². The number of hydrogen-bond acceptors (Lipinski definition) is 2. The van der Waals surface area contributed by atoms with Crippen LogP contribution in [0.15, 0.2) is 0 Å². The molecule has 0 unspecified atom stereocenters. The first-order chi connectivity index (χ1) is 6.55. The number of ether oxygens (including phenoxy) is 1. The van der Waals surface area contributed by atoms with E-state index in [2.05, 4.69) is 32.6 Å². The molecule has 0 radical (unpaired) electrons. The van der Waals surface area contributed by atoms with E-state index in [1.165, 1.54) is 19.4 Å². The largest absolute Gasteiger partial charge is 0.383 e. The monoisotopic (exact) mass is 201 g/mol. The van der Waals surface area contributed by atoms with Gasteiger partial charge >= 0.3 is 0 Å². The van der Waals surface area contributed by atoms with Crippen molar-refractivity contribution in [2.45, 2.75) is 40.5 Å². The maximum atomic E-state index is 5.11. The van der Waals surface area contributed by atoms with Crippen molar-refractivity contribution < 1.29 is 4.74 Å². The molecule has 0 bridgehead atoms. The van der Waals surface area contributed by atoms with E-state index in [0.29, 0.717) is 5.41 Å². The van der Waals surface area contributed by atoms with Gasteiger partial charge in [-0.15, -0.1) is 0 Å². The molecule has 0 rings (SSSR count). The minimum atomic E-state index is 0.443. The molecule has 0 spiro atoms. The highest BCUT2D eigenvalue weighted by Gasteiger charge is 2.19. The minimum absolute atomic E-state index is 0.443. The van der Waals surface area contributed by atoms with E-state index >= 15 is 0 Å². The molecule has 0 fully saturated rings. The van der Waals surface area contributed by atoms with Crippen LogP contribution in [0, 0.1) is 5.41 Å². The summed E-state index contributed by atoms with van der Waals surface area (Å²) in [7, 11) is 1.77. The molecule has 0 aliphatic heterocycles. The molecule has 0 heterocycles. The van der Waals surface area contributed by atoms with E-state index in [4.69, 9.17) is 4.74 Å². The summed E-state index contributed by atoms with van der Waals surface area (Å²) >= 11 is 0. The van der Waals surface area contributed by atoms with Gasteiger partial charge in [-0.3, -0.25) is 0 Å². The molecule has 0 amide bonds. The molecule has 0 aromatic rings. The molecule has 0 N–H and O–H groups in total. The van der Waals surface area contributed by atoms with E-state index in [1.54, 1.807) is 7.11 Å². The Labute approximate surface area is 89.6 Å². The summed E-state index contributed by atoms with van der Waals surface area (Å²) in [6, 6.07) is 0. The highest BCUT2D eigenvalue weighted by molar-refractivity contribution is 4.72. The van der Waals surface area contributed by atoms with Crippen LogP contribution in [0.4, 0.5) is 0 Å². The van der Waals surface area contributed by atoms with Gasteiger partial charge in [-0.25, -0.2) is 0 Å². The zero-order valence-electron chi connectivity index (χ0n) is 10.6. The molecule has 2 nitrogen and oxygen atoms in total. The molecule has 86 valence electrons. The van der Waals surface area contributed by atoms with Gasteiger partial charge in [0.2, 0.25) is 0 Å². The lowest BCUT2D eigenvalue weighted by molar-refractivity contribution is 0.118.